The van der Waals surface area contributed by atoms with Crippen LogP contribution in [0, 0.1) is 11.8 Å². The zero-order valence-corrected chi connectivity index (χ0v) is 12.6. The first-order valence-corrected chi connectivity index (χ1v) is 7.50. The van der Waals surface area contributed by atoms with Crippen molar-refractivity contribution in [3.8, 4) is 0 Å². The van der Waals surface area contributed by atoms with Gasteiger partial charge in [-0.15, -0.1) is 0 Å². The van der Waals surface area contributed by atoms with Gasteiger partial charge in [0.15, 0.2) is 0 Å². The van der Waals surface area contributed by atoms with Crippen molar-refractivity contribution in [3.05, 3.63) is 35.9 Å². The molecule has 1 aliphatic carbocycles. The first kappa shape index (κ1) is 15.0. The lowest BCUT2D eigenvalue weighted by molar-refractivity contribution is -0.124. The van der Waals surface area contributed by atoms with Gasteiger partial charge in [0.25, 0.3) is 0 Å². The summed E-state index contributed by atoms with van der Waals surface area (Å²) in [6.07, 6.45) is 1.82. The Morgan fingerprint density at radius 1 is 1.45 bits per heavy atom. The predicted octanol–water partition coefficient (Wildman–Crippen LogP) is 2.70. The maximum absolute atomic E-state index is 12.1. The fourth-order valence-corrected chi connectivity index (χ4v) is 2.56. The Labute approximate surface area is 121 Å². The van der Waals surface area contributed by atoms with Crippen molar-refractivity contribution in [1.82, 2.24) is 5.32 Å². The van der Waals surface area contributed by atoms with Crippen molar-refractivity contribution in [1.29, 1.82) is 0 Å². The zero-order valence-electron chi connectivity index (χ0n) is 12.6. The summed E-state index contributed by atoms with van der Waals surface area (Å²) in [4.78, 5) is 12.1. The van der Waals surface area contributed by atoms with E-state index < -0.39 is 5.60 Å². The molecule has 2 rings (SSSR count). The van der Waals surface area contributed by atoms with E-state index in [0.717, 1.165) is 12.8 Å². The summed E-state index contributed by atoms with van der Waals surface area (Å²) < 4.78 is 0. The minimum absolute atomic E-state index is 0.0717. The molecule has 3 nitrogen and oxygen atoms in total. The van der Waals surface area contributed by atoms with Gasteiger partial charge in [-0.05, 0) is 30.7 Å². The van der Waals surface area contributed by atoms with Gasteiger partial charge in [-0.3, -0.25) is 4.79 Å². The molecule has 20 heavy (non-hydrogen) atoms. The minimum Gasteiger partial charge on any atom is -0.388 e. The second-order valence-electron chi connectivity index (χ2n) is 6.24. The van der Waals surface area contributed by atoms with Gasteiger partial charge < -0.3 is 10.4 Å². The second-order valence-corrected chi connectivity index (χ2v) is 6.24. The molecule has 0 aliphatic heterocycles. The number of rotatable bonds is 6. The van der Waals surface area contributed by atoms with Crippen LogP contribution in [0.25, 0.3) is 0 Å². The Morgan fingerprint density at radius 2 is 2.10 bits per heavy atom. The molecule has 110 valence electrons. The van der Waals surface area contributed by atoms with Crippen molar-refractivity contribution < 1.29 is 9.90 Å². The van der Waals surface area contributed by atoms with Crippen LogP contribution in [0.15, 0.2) is 30.3 Å². The number of hydrogen-bond acceptors (Lipinski definition) is 2. The topological polar surface area (TPSA) is 49.3 Å². The van der Waals surface area contributed by atoms with E-state index >= 15 is 0 Å². The van der Waals surface area contributed by atoms with Gasteiger partial charge in [-0.25, -0.2) is 0 Å². The van der Waals surface area contributed by atoms with Crippen LogP contribution in [0.1, 0.15) is 45.1 Å². The molecule has 0 heterocycles. The van der Waals surface area contributed by atoms with Gasteiger partial charge >= 0.3 is 0 Å². The number of benzene rings is 1. The Morgan fingerprint density at radius 3 is 2.70 bits per heavy atom. The molecule has 2 N–H and O–H groups in total. The van der Waals surface area contributed by atoms with E-state index in [2.05, 4.69) is 17.4 Å². The van der Waals surface area contributed by atoms with E-state index in [4.69, 9.17) is 0 Å². The fraction of sp³-hybridized carbons (Fsp3) is 0.588. The summed E-state index contributed by atoms with van der Waals surface area (Å²) in [5.41, 5.74) is 0.406. The van der Waals surface area contributed by atoms with E-state index in [-0.39, 0.29) is 17.7 Å². The molecule has 0 bridgehead atoms. The van der Waals surface area contributed by atoms with Crippen LogP contribution in [0.3, 0.4) is 0 Å². The van der Waals surface area contributed by atoms with Crippen LogP contribution in [-0.4, -0.2) is 23.2 Å². The highest BCUT2D eigenvalue weighted by molar-refractivity contribution is 5.82. The molecule has 4 atom stereocenters. The summed E-state index contributed by atoms with van der Waals surface area (Å²) in [6, 6.07) is 10.2. The average Bonchev–Trinajstić information content (AvgIpc) is 3.25. The molecular weight excluding hydrogens is 250 g/mol. The third-order valence-corrected chi connectivity index (χ3v) is 4.65. The molecule has 3 heteroatoms. The molecule has 1 aliphatic rings. The van der Waals surface area contributed by atoms with Gasteiger partial charge in [-0.1, -0.05) is 50.6 Å². The van der Waals surface area contributed by atoms with E-state index in [9.17, 15) is 9.90 Å². The first-order valence-electron chi connectivity index (χ1n) is 7.50. The van der Waals surface area contributed by atoms with Crippen molar-refractivity contribution in [2.24, 2.45) is 11.8 Å². The molecule has 0 saturated heterocycles. The molecule has 1 aromatic rings. The largest absolute Gasteiger partial charge is 0.388 e. The van der Waals surface area contributed by atoms with E-state index in [1.165, 1.54) is 5.56 Å². The molecular formula is C17H25NO2. The molecule has 1 fully saturated rings. The standard InChI is InChI=1S/C17H25NO2/c1-4-12(2)17(3,20)11-18-16(19)15-10-14(15)13-8-6-5-7-9-13/h5-9,12,14-15,20H,4,10-11H2,1-3H3,(H,18,19). The monoisotopic (exact) mass is 275 g/mol. The Balaban J connectivity index is 1.83. The highest BCUT2D eigenvalue weighted by Gasteiger charge is 2.44. The fourth-order valence-electron chi connectivity index (χ4n) is 2.56. The van der Waals surface area contributed by atoms with Crippen molar-refractivity contribution >= 4 is 5.91 Å². The van der Waals surface area contributed by atoms with Gasteiger partial charge in [0.1, 0.15) is 0 Å². The highest BCUT2D eigenvalue weighted by Crippen LogP contribution is 2.47. The van der Waals surface area contributed by atoms with E-state index in [1.54, 1.807) is 6.92 Å². The van der Waals surface area contributed by atoms with Gasteiger partial charge in [0, 0.05) is 12.5 Å². The number of aliphatic hydroxyl groups is 1. The van der Waals surface area contributed by atoms with Gasteiger partial charge in [0.05, 0.1) is 5.60 Å². The SMILES string of the molecule is CCC(C)C(C)(O)CNC(=O)C1CC1c1ccccc1. The van der Waals surface area contributed by atoms with Crippen LogP contribution < -0.4 is 5.32 Å². The van der Waals surface area contributed by atoms with Gasteiger partial charge in [0.2, 0.25) is 5.91 Å². The molecule has 1 aromatic carbocycles. The third kappa shape index (κ3) is 3.40. The molecule has 0 aromatic heterocycles. The molecule has 0 radical (unpaired) electrons. The Bertz CT molecular complexity index is 455. The maximum atomic E-state index is 12.1. The summed E-state index contributed by atoms with van der Waals surface area (Å²) >= 11 is 0. The number of carbonyl (C=O) groups excluding carboxylic acids is 1. The van der Waals surface area contributed by atoms with Crippen LogP contribution in [0.4, 0.5) is 0 Å². The first-order chi connectivity index (χ1) is 9.45. The van der Waals surface area contributed by atoms with Crippen molar-refractivity contribution in [3.63, 3.8) is 0 Å². The maximum Gasteiger partial charge on any atom is 0.223 e. The third-order valence-electron chi connectivity index (χ3n) is 4.65. The van der Waals surface area contributed by atoms with E-state index in [0.29, 0.717) is 12.5 Å². The lowest BCUT2D eigenvalue weighted by atomic mass is 9.88. The van der Waals surface area contributed by atoms with Crippen molar-refractivity contribution in [2.75, 3.05) is 6.54 Å². The lowest BCUT2D eigenvalue weighted by Crippen LogP contribution is -2.45. The smallest absolute Gasteiger partial charge is 0.223 e. The number of nitrogens with one attached hydrogen (secondary N) is 1. The van der Waals surface area contributed by atoms with Crippen LogP contribution in [0.5, 0.6) is 0 Å². The zero-order chi connectivity index (χ0) is 14.8. The summed E-state index contributed by atoms with van der Waals surface area (Å²) in [5.74, 6) is 0.671. The number of amides is 1. The normalized spacial score (nSPS) is 25.6. The number of carbonyl (C=O) groups is 1. The van der Waals surface area contributed by atoms with Crippen molar-refractivity contribution in [2.45, 2.75) is 45.1 Å². The van der Waals surface area contributed by atoms with Crippen LogP contribution in [0.2, 0.25) is 0 Å². The second kappa shape index (κ2) is 5.96. The number of hydrogen-bond donors (Lipinski definition) is 2. The van der Waals surface area contributed by atoms with Crippen LogP contribution in [-0.2, 0) is 4.79 Å². The van der Waals surface area contributed by atoms with Gasteiger partial charge in [-0.2, -0.15) is 0 Å². The predicted molar refractivity (Wildman–Crippen MR) is 80.4 cm³/mol. The summed E-state index contributed by atoms with van der Waals surface area (Å²) in [5, 5.41) is 13.2. The summed E-state index contributed by atoms with van der Waals surface area (Å²) in [6.45, 7) is 6.19. The van der Waals surface area contributed by atoms with E-state index in [1.807, 2.05) is 32.0 Å². The Kier molecular flexibility index (Phi) is 4.48. The molecule has 1 amide bonds. The summed E-state index contributed by atoms with van der Waals surface area (Å²) in [7, 11) is 0. The minimum atomic E-state index is -0.832. The molecule has 0 spiro atoms. The quantitative estimate of drug-likeness (QED) is 0.838. The molecule has 1 saturated carbocycles. The average molecular weight is 275 g/mol. The van der Waals surface area contributed by atoms with Crippen LogP contribution >= 0.6 is 0 Å². The molecule has 4 unspecified atom stereocenters. The highest BCUT2D eigenvalue weighted by atomic mass is 16.3. The Hall–Kier alpha value is -1.35. The lowest BCUT2D eigenvalue weighted by Gasteiger charge is -2.29.